The number of nitrogens with zero attached hydrogens (tertiary/aromatic N) is 1. The first-order valence-corrected chi connectivity index (χ1v) is 6.98. The number of carboxylic acid groups (broad SMARTS) is 1. The molecule has 1 aliphatic rings. The lowest BCUT2D eigenvalue weighted by atomic mass is 10.1. The van der Waals surface area contributed by atoms with Crippen LogP contribution in [0.5, 0.6) is 0 Å². The number of nitrogens with one attached hydrogen (secondary N) is 1. The molecule has 1 saturated heterocycles. The van der Waals surface area contributed by atoms with E-state index in [-0.39, 0.29) is 5.91 Å². The van der Waals surface area contributed by atoms with Gasteiger partial charge in [-0.2, -0.15) is 0 Å². The molecular formula is C15H20N2O3. The Hall–Kier alpha value is -1.88. The monoisotopic (exact) mass is 276 g/mol. The van der Waals surface area contributed by atoms with Crippen molar-refractivity contribution < 1.29 is 14.7 Å². The number of rotatable bonds is 5. The predicted molar refractivity (Wildman–Crippen MR) is 75.6 cm³/mol. The highest BCUT2D eigenvalue weighted by Gasteiger charge is 2.24. The Labute approximate surface area is 118 Å². The van der Waals surface area contributed by atoms with Crippen LogP contribution in [0.3, 0.4) is 0 Å². The number of carbonyl (C=O) groups is 2. The number of hydrogen-bond donors (Lipinski definition) is 2. The van der Waals surface area contributed by atoms with E-state index in [1.54, 1.807) is 24.3 Å². The molecule has 1 aromatic carbocycles. The van der Waals surface area contributed by atoms with Gasteiger partial charge in [0.25, 0.3) is 5.91 Å². The predicted octanol–water partition coefficient (Wildman–Crippen LogP) is 1.36. The minimum Gasteiger partial charge on any atom is -0.480 e. The fourth-order valence-electron chi connectivity index (χ4n) is 2.42. The summed E-state index contributed by atoms with van der Waals surface area (Å²) in [4.78, 5) is 25.4. The van der Waals surface area contributed by atoms with Crippen LogP contribution in [0.4, 0.5) is 0 Å². The molecule has 2 N–H and O–H groups in total. The highest BCUT2D eigenvalue weighted by Crippen LogP contribution is 2.09. The first-order valence-electron chi connectivity index (χ1n) is 6.98. The van der Waals surface area contributed by atoms with Crippen molar-refractivity contribution >= 4 is 11.9 Å². The van der Waals surface area contributed by atoms with E-state index >= 15 is 0 Å². The van der Waals surface area contributed by atoms with E-state index < -0.39 is 12.0 Å². The topological polar surface area (TPSA) is 69.6 Å². The number of piperidine rings is 1. The zero-order valence-electron chi connectivity index (χ0n) is 11.4. The van der Waals surface area contributed by atoms with Crippen molar-refractivity contribution in [3.63, 3.8) is 0 Å². The zero-order chi connectivity index (χ0) is 14.4. The molecule has 0 saturated carbocycles. The Morgan fingerprint density at radius 3 is 2.40 bits per heavy atom. The van der Waals surface area contributed by atoms with E-state index in [4.69, 9.17) is 0 Å². The average molecular weight is 276 g/mol. The molecule has 2 rings (SSSR count). The number of hydrogen-bond acceptors (Lipinski definition) is 3. The molecule has 108 valence electrons. The van der Waals surface area contributed by atoms with Gasteiger partial charge in [-0.25, -0.2) is 4.79 Å². The van der Waals surface area contributed by atoms with Gasteiger partial charge in [0.1, 0.15) is 6.04 Å². The number of amides is 1. The molecule has 20 heavy (non-hydrogen) atoms. The van der Waals surface area contributed by atoms with E-state index in [0.717, 1.165) is 25.9 Å². The second-order valence-electron chi connectivity index (χ2n) is 5.09. The van der Waals surface area contributed by atoms with Crippen molar-refractivity contribution in [1.29, 1.82) is 0 Å². The Morgan fingerprint density at radius 2 is 1.80 bits per heavy atom. The van der Waals surface area contributed by atoms with Gasteiger partial charge in [0.2, 0.25) is 0 Å². The normalized spacial score (nSPS) is 17.4. The zero-order valence-corrected chi connectivity index (χ0v) is 11.4. The minimum absolute atomic E-state index is 0.338. The van der Waals surface area contributed by atoms with E-state index in [9.17, 15) is 14.7 Å². The maximum absolute atomic E-state index is 12.0. The summed E-state index contributed by atoms with van der Waals surface area (Å²) >= 11 is 0. The third-order valence-electron chi connectivity index (χ3n) is 3.53. The summed E-state index contributed by atoms with van der Waals surface area (Å²) in [6, 6.07) is 7.83. The molecule has 5 heteroatoms. The Bertz CT molecular complexity index is 455. The summed E-state index contributed by atoms with van der Waals surface area (Å²) < 4.78 is 0. The van der Waals surface area contributed by atoms with Gasteiger partial charge in [0, 0.05) is 12.1 Å². The first kappa shape index (κ1) is 14.5. The molecule has 1 aromatic rings. The van der Waals surface area contributed by atoms with Gasteiger partial charge in [-0.3, -0.25) is 4.79 Å². The largest absolute Gasteiger partial charge is 0.480 e. The maximum atomic E-state index is 12.0. The third-order valence-corrected chi connectivity index (χ3v) is 3.53. The molecule has 1 amide bonds. The van der Waals surface area contributed by atoms with Crippen LogP contribution >= 0.6 is 0 Å². The van der Waals surface area contributed by atoms with Crippen molar-refractivity contribution in [2.45, 2.75) is 25.3 Å². The second kappa shape index (κ2) is 7.05. The molecule has 0 aromatic heterocycles. The third kappa shape index (κ3) is 4.06. The standard InChI is InChI=1S/C15H20N2O3/c18-14(12-7-3-1-4-8-12)16-13(15(19)20)11-17-9-5-2-6-10-17/h1,3-4,7-8,13H,2,5-6,9-11H2,(H,16,18)(H,19,20). The van der Waals surface area contributed by atoms with Crippen LogP contribution in [0, 0.1) is 0 Å². The Kier molecular flexibility index (Phi) is 5.12. The fourth-order valence-corrected chi connectivity index (χ4v) is 2.42. The van der Waals surface area contributed by atoms with Crippen LogP contribution in [0.25, 0.3) is 0 Å². The smallest absolute Gasteiger partial charge is 0.327 e. The van der Waals surface area contributed by atoms with Gasteiger partial charge >= 0.3 is 5.97 Å². The number of benzene rings is 1. The van der Waals surface area contributed by atoms with Gasteiger partial charge in [-0.1, -0.05) is 24.6 Å². The molecular weight excluding hydrogens is 256 g/mol. The van der Waals surface area contributed by atoms with Crippen molar-refractivity contribution in [1.82, 2.24) is 10.2 Å². The molecule has 0 radical (unpaired) electrons. The van der Waals surface area contributed by atoms with Gasteiger partial charge in [-0.05, 0) is 38.1 Å². The fraction of sp³-hybridized carbons (Fsp3) is 0.467. The molecule has 1 atom stereocenters. The SMILES string of the molecule is O=C(NC(CN1CCCCC1)C(=O)O)c1ccccc1. The summed E-state index contributed by atoms with van der Waals surface area (Å²) in [6.45, 7) is 2.18. The molecule has 0 bridgehead atoms. The van der Waals surface area contributed by atoms with E-state index in [1.165, 1.54) is 6.42 Å². The quantitative estimate of drug-likeness (QED) is 0.852. The van der Waals surface area contributed by atoms with Crippen molar-refractivity contribution in [2.24, 2.45) is 0 Å². The summed E-state index contributed by atoms with van der Waals surface area (Å²) in [6.07, 6.45) is 3.39. The summed E-state index contributed by atoms with van der Waals surface area (Å²) in [5.74, 6) is -1.32. The summed E-state index contributed by atoms with van der Waals surface area (Å²) in [5.41, 5.74) is 0.484. The lowest BCUT2D eigenvalue weighted by Crippen LogP contribution is -2.49. The Morgan fingerprint density at radius 1 is 1.15 bits per heavy atom. The summed E-state index contributed by atoms with van der Waals surface area (Å²) in [7, 11) is 0. The number of aliphatic carboxylic acids is 1. The number of likely N-dealkylation sites (tertiary alicyclic amines) is 1. The van der Waals surface area contributed by atoms with Crippen LogP contribution in [0.15, 0.2) is 30.3 Å². The first-order chi connectivity index (χ1) is 9.66. The maximum Gasteiger partial charge on any atom is 0.327 e. The molecule has 0 aliphatic carbocycles. The van der Waals surface area contributed by atoms with Crippen molar-refractivity contribution in [2.75, 3.05) is 19.6 Å². The molecule has 1 fully saturated rings. The number of carboxylic acids is 1. The molecule has 1 heterocycles. The van der Waals surface area contributed by atoms with Crippen LogP contribution in [-0.4, -0.2) is 47.6 Å². The second-order valence-corrected chi connectivity index (χ2v) is 5.09. The van der Waals surface area contributed by atoms with Crippen molar-refractivity contribution in [3.8, 4) is 0 Å². The lowest BCUT2D eigenvalue weighted by Gasteiger charge is -2.29. The average Bonchev–Trinajstić information content (AvgIpc) is 2.48. The Balaban J connectivity index is 1.95. The van der Waals surface area contributed by atoms with Crippen LogP contribution in [0.2, 0.25) is 0 Å². The highest BCUT2D eigenvalue weighted by molar-refractivity contribution is 5.96. The van der Waals surface area contributed by atoms with E-state index in [2.05, 4.69) is 10.2 Å². The molecule has 1 unspecified atom stereocenters. The molecule has 1 aliphatic heterocycles. The van der Waals surface area contributed by atoms with Crippen LogP contribution in [0.1, 0.15) is 29.6 Å². The summed E-state index contributed by atoms with van der Waals surface area (Å²) in [5, 5.41) is 11.9. The molecule has 5 nitrogen and oxygen atoms in total. The van der Waals surface area contributed by atoms with Gasteiger partial charge in [0.15, 0.2) is 0 Å². The van der Waals surface area contributed by atoms with Gasteiger partial charge in [0.05, 0.1) is 0 Å². The van der Waals surface area contributed by atoms with Crippen molar-refractivity contribution in [3.05, 3.63) is 35.9 Å². The number of carbonyl (C=O) groups excluding carboxylic acids is 1. The minimum atomic E-state index is -0.986. The molecule has 0 spiro atoms. The highest BCUT2D eigenvalue weighted by atomic mass is 16.4. The van der Waals surface area contributed by atoms with Gasteiger partial charge in [-0.15, -0.1) is 0 Å². The van der Waals surface area contributed by atoms with Crippen LogP contribution in [-0.2, 0) is 4.79 Å². The lowest BCUT2D eigenvalue weighted by molar-refractivity contribution is -0.139. The van der Waals surface area contributed by atoms with Gasteiger partial charge < -0.3 is 15.3 Å². The van der Waals surface area contributed by atoms with E-state index in [0.29, 0.717) is 12.1 Å². The van der Waals surface area contributed by atoms with E-state index in [1.807, 2.05) is 6.07 Å². The van der Waals surface area contributed by atoms with Crippen LogP contribution < -0.4 is 5.32 Å².